The average Bonchev–Trinajstić information content (AvgIpc) is 3.16. The van der Waals surface area contributed by atoms with Gasteiger partial charge in [-0.15, -0.1) is 0 Å². The van der Waals surface area contributed by atoms with Crippen molar-refractivity contribution in [2.45, 2.75) is 100 Å². The highest BCUT2D eigenvalue weighted by Crippen LogP contribution is 2.72. The maximum atomic E-state index is 13.0. The number of hydrogen-bond donors (Lipinski definition) is 1. The van der Waals surface area contributed by atoms with E-state index in [2.05, 4.69) is 68.0 Å². The van der Waals surface area contributed by atoms with Crippen LogP contribution in [-0.2, 0) is 4.79 Å². The molecular formula is C33H54O2. The number of carbonyl (C=O) groups is 1. The normalized spacial score (nSPS) is 49.4. The van der Waals surface area contributed by atoms with Crippen LogP contribution in [0.25, 0.3) is 0 Å². The summed E-state index contributed by atoms with van der Waals surface area (Å²) in [5.74, 6) is 4.79. The number of carbonyl (C=O) groups excluding carboxylic acids is 1. The van der Waals surface area contributed by atoms with Crippen molar-refractivity contribution in [3.63, 3.8) is 0 Å². The summed E-state index contributed by atoms with van der Waals surface area (Å²) in [7, 11) is 0. The first-order valence-corrected chi connectivity index (χ1v) is 14.8. The summed E-state index contributed by atoms with van der Waals surface area (Å²) in [5.41, 5.74) is 1.95. The lowest BCUT2D eigenvalue weighted by atomic mass is 9.46. The minimum Gasteiger partial charge on any atom is -0.396 e. The quantitative estimate of drug-likeness (QED) is 0.307. The number of aliphatic hydroxyl groups excluding tert-OH is 1. The molecule has 3 fully saturated rings. The predicted molar refractivity (Wildman–Crippen MR) is 147 cm³/mol. The van der Waals surface area contributed by atoms with Gasteiger partial charge in [-0.1, -0.05) is 86.0 Å². The zero-order valence-corrected chi connectivity index (χ0v) is 24.1. The summed E-state index contributed by atoms with van der Waals surface area (Å²) in [5, 5.41) is 10.5. The lowest BCUT2D eigenvalue weighted by Gasteiger charge is -2.59. The van der Waals surface area contributed by atoms with Crippen molar-refractivity contribution in [2.24, 2.45) is 69.5 Å². The summed E-state index contributed by atoms with van der Waals surface area (Å²) in [4.78, 5) is 13.0. The SMILES string of the molecule is C=CC(=O)C(C)C1(C)C(C)=CC(C)C2C1CC1C(C(C)CO)C(C3(C)CCCCC3C)CCC12C. The van der Waals surface area contributed by atoms with E-state index >= 15 is 0 Å². The standard InChI is InChI=1S/C33H54O2/c1-10-28(35)24(6)33(9)23(5)17-20(2)30-27(33)18-26-29(21(3)19-34)25(14-16-32(26,30)8)31(7)15-12-11-13-22(31)4/h10,17,20-22,24-27,29-30,34H,1,11-16,18-19H2,2-9H3. The van der Waals surface area contributed by atoms with E-state index in [0.717, 1.165) is 5.92 Å². The molecule has 0 aromatic carbocycles. The minimum atomic E-state index is -0.118. The molecule has 2 heteroatoms. The molecule has 35 heavy (non-hydrogen) atoms. The van der Waals surface area contributed by atoms with Crippen LogP contribution in [0.3, 0.4) is 0 Å². The molecule has 12 atom stereocenters. The summed E-state index contributed by atoms with van der Waals surface area (Å²) >= 11 is 0. The van der Waals surface area contributed by atoms with Crippen LogP contribution < -0.4 is 0 Å². The van der Waals surface area contributed by atoms with Crippen LogP contribution in [-0.4, -0.2) is 17.5 Å². The third-order valence-electron chi connectivity index (χ3n) is 13.2. The number of ketones is 1. The fourth-order valence-corrected chi connectivity index (χ4v) is 10.7. The second kappa shape index (κ2) is 9.45. The molecule has 0 amide bonds. The molecule has 4 rings (SSSR count). The van der Waals surface area contributed by atoms with Crippen LogP contribution >= 0.6 is 0 Å². The smallest absolute Gasteiger partial charge is 0.158 e. The van der Waals surface area contributed by atoms with E-state index in [-0.39, 0.29) is 22.5 Å². The van der Waals surface area contributed by atoms with Gasteiger partial charge in [0.25, 0.3) is 0 Å². The number of rotatable bonds is 6. The van der Waals surface area contributed by atoms with Gasteiger partial charge in [0.2, 0.25) is 0 Å². The highest BCUT2D eigenvalue weighted by Gasteiger charge is 2.66. The molecule has 0 radical (unpaired) electrons. The Hall–Kier alpha value is -0.890. The highest BCUT2D eigenvalue weighted by molar-refractivity contribution is 5.91. The predicted octanol–water partition coefficient (Wildman–Crippen LogP) is 8.11. The van der Waals surface area contributed by atoms with Gasteiger partial charge in [0.15, 0.2) is 5.78 Å². The van der Waals surface area contributed by atoms with Gasteiger partial charge in [0.05, 0.1) is 0 Å². The molecule has 198 valence electrons. The van der Waals surface area contributed by atoms with Crippen LogP contribution in [0.2, 0.25) is 0 Å². The molecule has 2 nitrogen and oxygen atoms in total. The molecular weight excluding hydrogens is 428 g/mol. The van der Waals surface area contributed by atoms with Gasteiger partial charge >= 0.3 is 0 Å². The van der Waals surface area contributed by atoms with E-state index in [0.29, 0.717) is 53.4 Å². The molecule has 1 N–H and O–H groups in total. The number of hydrogen-bond acceptors (Lipinski definition) is 2. The Morgan fingerprint density at radius 2 is 1.77 bits per heavy atom. The monoisotopic (exact) mass is 482 g/mol. The van der Waals surface area contributed by atoms with Gasteiger partial charge in [-0.25, -0.2) is 0 Å². The van der Waals surface area contributed by atoms with Gasteiger partial charge < -0.3 is 5.11 Å². The molecule has 0 saturated heterocycles. The fourth-order valence-electron chi connectivity index (χ4n) is 10.7. The van der Waals surface area contributed by atoms with E-state index in [1.54, 1.807) is 6.08 Å². The average molecular weight is 483 g/mol. The molecule has 4 aliphatic carbocycles. The number of aliphatic hydroxyl groups is 1. The van der Waals surface area contributed by atoms with E-state index in [1.165, 1.54) is 50.5 Å². The summed E-state index contributed by atoms with van der Waals surface area (Å²) in [6, 6.07) is 0. The second-order valence-electron chi connectivity index (χ2n) is 14.3. The van der Waals surface area contributed by atoms with Crippen molar-refractivity contribution < 1.29 is 9.90 Å². The van der Waals surface area contributed by atoms with E-state index < -0.39 is 0 Å². The van der Waals surface area contributed by atoms with Gasteiger partial charge in [-0.05, 0) is 96.9 Å². The number of allylic oxidation sites excluding steroid dienone is 3. The number of fused-ring (bicyclic) bond motifs is 3. The van der Waals surface area contributed by atoms with Crippen molar-refractivity contribution >= 4 is 5.78 Å². The van der Waals surface area contributed by atoms with Crippen LogP contribution in [0, 0.1) is 69.5 Å². The first-order valence-electron chi connectivity index (χ1n) is 14.8. The molecule has 0 bridgehead atoms. The molecule has 0 heterocycles. The second-order valence-corrected chi connectivity index (χ2v) is 14.3. The summed E-state index contributed by atoms with van der Waals surface area (Å²) in [6.45, 7) is 23.5. The van der Waals surface area contributed by atoms with Gasteiger partial charge in [0, 0.05) is 17.9 Å². The van der Waals surface area contributed by atoms with Crippen molar-refractivity contribution in [2.75, 3.05) is 6.61 Å². The molecule has 3 saturated carbocycles. The Kier molecular flexibility index (Phi) is 7.33. The van der Waals surface area contributed by atoms with Crippen molar-refractivity contribution in [3.05, 3.63) is 24.3 Å². The molecule has 0 aromatic rings. The third kappa shape index (κ3) is 3.86. The lowest BCUT2D eigenvalue weighted by molar-refractivity contribution is -0.123. The van der Waals surface area contributed by atoms with Crippen molar-refractivity contribution in [1.82, 2.24) is 0 Å². The molecule has 4 aliphatic rings. The highest BCUT2D eigenvalue weighted by atomic mass is 16.3. The summed E-state index contributed by atoms with van der Waals surface area (Å²) in [6.07, 6.45) is 13.3. The topological polar surface area (TPSA) is 37.3 Å². The van der Waals surface area contributed by atoms with Crippen molar-refractivity contribution in [3.8, 4) is 0 Å². The van der Waals surface area contributed by atoms with E-state index in [4.69, 9.17) is 0 Å². The van der Waals surface area contributed by atoms with Crippen LogP contribution in [0.4, 0.5) is 0 Å². The Labute approximate surface area is 216 Å². The van der Waals surface area contributed by atoms with Gasteiger partial charge in [0.1, 0.15) is 0 Å². The molecule has 0 spiro atoms. The van der Waals surface area contributed by atoms with Gasteiger partial charge in [-0.2, -0.15) is 0 Å². The Morgan fingerprint density at radius 3 is 2.37 bits per heavy atom. The van der Waals surface area contributed by atoms with Crippen molar-refractivity contribution in [1.29, 1.82) is 0 Å². The van der Waals surface area contributed by atoms with E-state index in [1.807, 2.05) is 0 Å². The minimum absolute atomic E-state index is 0.0413. The van der Waals surface area contributed by atoms with Crippen LogP contribution in [0.5, 0.6) is 0 Å². The first kappa shape index (κ1) is 27.2. The van der Waals surface area contributed by atoms with Crippen LogP contribution in [0.15, 0.2) is 24.3 Å². The fraction of sp³-hybridized carbons (Fsp3) is 0.848. The maximum absolute atomic E-state index is 13.0. The van der Waals surface area contributed by atoms with E-state index in [9.17, 15) is 9.90 Å². The Bertz CT molecular complexity index is 857. The first-order chi connectivity index (χ1) is 16.4. The molecule has 0 aliphatic heterocycles. The molecule has 12 unspecified atom stereocenters. The summed E-state index contributed by atoms with van der Waals surface area (Å²) < 4.78 is 0. The zero-order valence-electron chi connectivity index (χ0n) is 24.1. The molecule has 0 aromatic heterocycles. The zero-order chi connectivity index (χ0) is 25.9. The van der Waals surface area contributed by atoms with Gasteiger partial charge in [-0.3, -0.25) is 4.79 Å². The largest absolute Gasteiger partial charge is 0.396 e. The Balaban J connectivity index is 1.79. The van der Waals surface area contributed by atoms with Crippen LogP contribution in [0.1, 0.15) is 100 Å². The Morgan fingerprint density at radius 1 is 1.09 bits per heavy atom. The maximum Gasteiger partial charge on any atom is 0.158 e. The third-order valence-corrected chi connectivity index (χ3v) is 13.2. The lowest BCUT2D eigenvalue weighted by Crippen LogP contribution is -2.52.